The molecule has 0 aliphatic carbocycles. The van der Waals surface area contributed by atoms with Crippen molar-refractivity contribution in [2.45, 2.75) is 19.3 Å². The average Bonchev–Trinajstić information content (AvgIpc) is 3.04. The van der Waals surface area contributed by atoms with Crippen molar-refractivity contribution in [3.05, 3.63) is 58.0 Å². The van der Waals surface area contributed by atoms with Gasteiger partial charge >= 0.3 is 0 Å². The highest BCUT2D eigenvalue weighted by molar-refractivity contribution is 6.30. The van der Waals surface area contributed by atoms with Gasteiger partial charge in [-0.3, -0.25) is 0 Å². The van der Waals surface area contributed by atoms with Gasteiger partial charge in [-0.05, 0) is 44.3 Å². The van der Waals surface area contributed by atoms with Crippen molar-refractivity contribution in [1.29, 1.82) is 0 Å². The van der Waals surface area contributed by atoms with E-state index in [1.54, 1.807) is 18.3 Å². The molecule has 0 unspecified atom stereocenters. The third kappa shape index (κ3) is 4.08. The van der Waals surface area contributed by atoms with E-state index < -0.39 is 5.82 Å². The van der Waals surface area contributed by atoms with Crippen molar-refractivity contribution in [2.24, 2.45) is 10.1 Å². The average molecular weight is 375 g/mol. The summed E-state index contributed by atoms with van der Waals surface area (Å²) in [7, 11) is 4.05. The number of fused-ring (bicyclic) bond motifs is 1. The molecular formula is C19H20ClFN4O. The molecule has 0 fully saturated rings. The molecule has 0 radical (unpaired) electrons. The van der Waals surface area contributed by atoms with Crippen molar-refractivity contribution < 1.29 is 9.60 Å². The lowest BCUT2D eigenvalue weighted by Crippen LogP contribution is -2.17. The first kappa shape index (κ1) is 18.5. The molecule has 0 spiro atoms. The molecule has 1 aromatic heterocycles. The number of hydrogen-bond acceptors (Lipinski definition) is 5. The molecule has 0 amide bonds. The number of nitrogens with zero attached hydrogens (tertiary/aromatic N) is 4. The summed E-state index contributed by atoms with van der Waals surface area (Å²) in [6.07, 6.45) is 3.55. The molecule has 1 aromatic carbocycles. The van der Waals surface area contributed by atoms with Crippen LogP contribution in [0.2, 0.25) is 5.02 Å². The molecule has 1 aliphatic rings. The monoisotopic (exact) mass is 374 g/mol. The van der Waals surface area contributed by atoms with Crippen LogP contribution in [0.5, 0.6) is 0 Å². The number of aromatic nitrogens is 1. The van der Waals surface area contributed by atoms with Crippen LogP contribution in [-0.2, 0) is 12.8 Å². The van der Waals surface area contributed by atoms with Crippen LogP contribution in [0.1, 0.15) is 23.1 Å². The Hall–Kier alpha value is -2.31. The fraction of sp³-hybridized carbons (Fsp3) is 0.316. The number of halogens is 2. The van der Waals surface area contributed by atoms with Crippen molar-refractivity contribution in [2.75, 3.05) is 20.6 Å². The standard InChI is InChI=1S/C19H20ClFN4O/c1-25(2)8-6-13-11-15-14(5-7-22-19(15)23-13)18(24-26)10-12-3-4-17(21)16(20)9-12/h3-5,7,9,26H,6,8,10-11H2,1-2H3/b24-18+. The van der Waals surface area contributed by atoms with E-state index in [4.69, 9.17) is 11.6 Å². The fourth-order valence-corrected chi connectivity index (χ4v) is 3.14. The Kier molecular flexibility index (Phi) is 5.64. The minimum atomic E-state index is -0.471. The number of pyridine rings is 1. The zero-order valence-corrected chi connectivity index (χ0v) is 15.5. The summed E-state index contributed by atoms with van der Waals surface area (Å²) in [5, 5.41) is 13.1. The molecule has 1 aliphatic heterocycles. The number of benzene rings is 1. The van der Waals surface area contributed by atoms with Crippen LogP contribution in [0.25, 0.3) is 0 Å². The minimum Gasteiger partial charge on any atom is -0.411 e. The largest absolute Gasteiger partial charge is 0.411 e. The van der Waals surface area contributed by atoms with Crippen molar-refractivity contribution in [1.82, 2.24) is 9.88 Å². The Bertz CT molecular complexity index is 880. The Balaban J connectivity index is 1.82. The third-order valence-electron chi connectivity index (χ3n) is 4.31. The molecule has 2 heterocycles. The van der Waals surface area contributed by atoms with Gasteiger partial charge in [-0.25, -0.2) is 14.4 Å². The third-order valence-corrected chi connectivity index (χ3v) is 4.60. The lowest BCUT2D eigenvalue weighted by Gasteiger charge is -2.10. The van der Waals surface area contributed by atoms with Crippen LogP contribution in [0.3, 0.4) is 0 Å². The van der Waals surface area contributed by atoms with Gasteiger partial charge in [0.15, 0.2) is 5.82 Å². The summed E-state index contributed by atoms with van der Waals surface area (Å²) >= 11 is 5.85. The van der Waals surface area contributed by atoms with Gasteiger partial charge in [-0.1, -0.05) is 22.8 Å². The van der Waals surface area contributed by atoms with Gasteiger partial charge in [-0.15, -0.1) is 0 Å². The van der Waals surface area contributed by atoms with Gasteiger partial charge < -0.3 is 10.1 Å². The minimum absolute atomic E-state index is 0.0500. The lowest BCUT2D eigenvalue weighted by molar-refractivity contribution is 0.318. The van der Waals surface area contributed by atoms with Gasteiger partial charge in [0, 0.05) is 42.4 Å². The molecule has 7 heteroatoms. The molecule has 136 valence electrons. The highest BCUT2D eigenvalue weighted by Crippen LogP contribution is 2.29. The zero-order valence-electron chi connectivity index (χ0n) is 14.7. The fourth-order valence-electron chi connectivity index (χ4n) is 2.94. The summed E-state index contributed by atoms with van der Waals surface area (Å²) in [5.41, 5.74) is 4.08. The maximum atomic E-state index is 13.4. The second-order valence-electron chi connectivity index (χ2n) is 6.54. The van der Waals surface area contributed by atoms with Gasteiger partial charge in [0.25, 0.3) is 0 Å². The Morgan fingerprint density at radius 3 is 2.85 bits per heavy atom. The molecular weight excluding hydrogens is 355 g/mol. The predicted molar refractivity (Wildman–Crippen MR) is 102 cm³/mol. The predicted octanol–water partition coefficient (Wildman–Crippen LogP) is 3.88. The summed E-state index contributed by atoms with van der Waals surface area (Å²) in [6, 6.07) is 6.31. The second kappa shape index (κ2) is 7.93. The van der Waals surface area contributed by atoms with Crippen LogP contribution in [-0.4, -0.2) is 47.2 Å². The first-order valence-electron chi connectivity index (χ1n) is 8.32. The van der Waals surface area contributed by atoms with E-state index in [2.05, 4.69) is 20.0 Å². The maximum absolute atomic E-state index is 13.4. The van der Waals surface area contributed by atoms with Gasteiger partial charge in [0.1, 0.15) is 5.82 Å². The summed E-state index contributed by atoms with van der Waals surface area (Å²) in [5.74, 6) is 0.205. The first-order valence-corrected chi connectivity index (χ1v) is 8.70. The maximum Gasteiger partial charge on any atom is 0.155 e. The summed E-state index contributed by atoms with van der Waals surface area (Å²) in [6.45, 7) is 0.914. The lowest BCUT2D eigenvalue weighted by atomic mass is 9.96. The highest BCUT2D eigenvalue weighted by Gasteiger charge is 2.22. The van der Waals surface area contributed by atoms with E-state index in [9.17, 15) is 9.60 Å². The molecule has 2 aromatic rings. The normalized spacial score (nSPS) is 13.9. The van der Waals surface area contributed by atoms with Crippen LogP contribution in [0, 0.1) is 5.82 Å². The van der Waals surface area contributed by atoms with Gasteiger partial charge in [0.05, 0.1) is 10.7 Å². The Labute approximate surface area is 156 Å². The molecule has 0 atom stereocenters. The SMILES string of the molecule is CN(C)CCC1=Nc2nccc(/C(Cc3ccc(F)c(Cl)c3)=N/O)c2C1. The summed E-state index contributed by atoms with van der Waals surface area (Å²) < 4.78 is 13.4. The summed E-state index contributed by atoms with van der Waals surface area (Å²) in [4.78, 5) is 11.1. The number of hydrogen-bond donors (Lipinski definition) is 1. The Morgan fingerprint density at radius 2 is 2.15 bits per heavy atom. The highest BCUT2D eigenvalue weighted by atomic mass is 35.5. The molecule has 5 nitrogen and oxygen atoms in total. The van der Waals surface area contributed by atoms with E-state index in [0.717, 1.165) is 35.4 Å². The van der Waals surface area contributed by atoms with E-state index in [-0.39, 0.29) is 5.02 Å². The first-order chi connectivity index (χ1) is 12.5. The van der Waals surface area contributed by atoms with Crippen LogP contribution in [0.15, 0.2) is 40.6 Å². The molecule has 0 saturated carbocycles. The van der Waals surface area contributed by atoms with Crippen molar-refractivity contribution in [3.63, 3.8) is 0 Å². The molecule has 3 rings (SSSR count). The van der Waals surface area contributed by atoms with Gasteiger partial charge in [0.2, 0.25) is 0 Å². The van der Waals surface area contributed by atoms with Crippen molar-refractivity contribution in [3.8, 4) is 0 Å². The van der Waals surface area contributed by atoms with Gasteiger partial charge in [-0.2, -0.15) is 0 Å². The smallest absolute Gasteiger partial charge is 0.155 e. The quantitative estimate of drug-likeness (QED) is 0.474. The zero-order chi connectivity index (χ0) is 18.7. The van der Waals surface area contributed by atoms with Crippen LogP contribution in [0.4, 0.5) is 10.2 Å². The number of oxime groups is 1. The molecule has 26 heavy (non-hydrogen) atoms. The van der Waals surface area contributed by atoms with E-state index in [0.29, 0.717) is 24.4 Å². The van der Waals surface area contributed by atoms with E-state index >= 15 is 0 Å². The Morgan fingerprint density at radius 1 is 1.35 bits per heavy atom. The molecule has 0 saturated heterocycles. The van der Waals surface area contributed by atoms with Crippen LogP contribution < -0.4 is 0 Å². The number of rotatable bonds is 6. The topological polar surface area (TPSA) is 61.1 Å². The number of aliphatic imine (C=N–C) groups is 1. The van der Waals surface area contributed by atoms with Crippen LogP contribution >= 0.6 is 11.6 Å². The van der Waals surface area contributed by atoms with E-state index in [1.165, 1.54) is 6.07 Å². The second-order valence-corrected chi connectivity index (χ2v) is 6.95. The molecule has 1 N–H and O–H groups in total. The van der Waals surface area contributed by atoms with E-state index in [1.807, 2.05) is 20.2 Å². The van der Waals surface area contributed by atoms with Crippen molar-refractivity contribution >= 4 is 28.8 Å². The molecule has 0 bridgehead atoms.